The third-order valence-electron chi connectivity index (χ3n) is 2.47. The summed E-state index contributed by atoms with van der Waals surface area (Å²) in [6.45, 7) is 2.43. The second-order valence-electron chi connectivity index (χ2n) is 4.09. The molecule has 0 aliphatic carbocycles. The van der Waals surface area contributed by atoms with Crippen molar-refractivity contribution in [1.29, 1.82) is 0 Å². The Labute approximate surface area is 121 Å². The highest BCUT2D eigenvalue weighted by molar-refractivity contribution is 6.31. The van der Waals surface area contributed by atoms with Crippen molar-refractivity contribution in [3.63, 3.8) is 0 Å². The second-order valence-corrected chi connectivity index (χ2v) is 4.53. The largest absolute Gasteiger partial charge is 0.492 e. The van der Waals surface area contributed by atoms with Gasteiger partial charge in [0.15, 0.2) is 0 Å². The smallest absolute Gasteiger partial charge is 0.246 e. The Balaban J connectivity index is 2.08. The Kier molecular flexibility index (Phi) is 4.47. The highest BCUT2D eigenvalue weighted by atomic mass is 35.5. The summed E-state index contributed by atoms with van der Waals surface area (Å²) in [6.07, 6.45) is 3.07. The minimum absolute atomic E-state index is 0.0648. The highest BCUT2D eigenvalue weighted by Gasteiger charge is 2.09. The van der Waals surface area contributed by atoms with E-state index in [-0.39, 0.29) is 12.5 Å². The van der Waals surface area contributed by atoms with Crippen LogP contribution in [-0.2, 0) is 11.3 Å². The molecule has 0 saturated heterocycles. The molecule has 1 amide bonds. The molecular formula is C13H15ClN4O2. The molecule has 0 aliphatic rings. The Morgan fingerprint density at radius 3 is 3.00 bits per heavy atom. The first-order valence-corrected chi connectivity index (χ1v) is 6.46. The fraction of sp³-hybridized carbons (Fsp3) is 0.231. The van der Waals surface area contributed by atoms with Crippen molar-refractivity contribution in [3.05, 3.63) is 35.6 Å². The number of anilines is 2. The monoisotopic (exact) mass is 294 g/mol. The number of nitrogens with one attached hydrogen (secondary N) is 1. The normalized spacial score (nSPS) is 10.3. The molecule has 3 N–H and O–H groups in total. The fourth-order valence-electron chi connectivity index (χ4n) is 1.68. The summed E-state index contributed by atoms with van der Waals surface area (Å²) < 4.78 is 6.89. The van der Waals surface area contributed by atoms with Gasteiger partial charge in [-0.1, -0.05) is 11.6 Å². The molecule has 0 saturated carbocycles. The van der Waals surface area contributed by atoms with E-state index in [2.05, 4.69) is 10.4 Å². The number of nitrogens with two attached hydrogens (primary N) is 1. The number of hydrogen-bond acceptors (Lipinski definition) is 4. The van der Waals surface area contributed by atoms with E-state index in [0.29, 0.717) is 28.8 Å². The van der Waals surface area contributed by atoms with E-state index in [9.17, 15) is 4.79 Å². The van der Waals surface area contributed by atoms with E-state index in [1.54, 1.807) is 24.4 Å². The molecule has 2 aromatic rings. The predicted molar refractivity (Wildman–Crippen MR) is 77.9 cm³/mol. The van der Waals surface area contributed by atoms with Crippen LogP contribution in [0.5, 0.6) is 5.75 Å². The first kappa shape index (κ1) is 14.2. The van der Waals surface area contributed by atoms with E-state index in [1.165, 1.54) is 10.9 Å². The van der Waals surface area contributed by atoms with Crippen LogP contribution < -0.4 is 15.8 Å². The molecule has 0 atom stereocenters. The zero-order valence-corrected chi connectivity index (χ0v) is 11.7. The van der Waals surface area contributed by atoms with Crippen LogP contribution in [-0.4, -0.2) is 22.3 Å². The molecule has 0 radical (unpaired) electrons. The summed E-state index contributed by atoms with van der Waals surface area (Å²) in [4.78, 5) is 11.9. The number of aromatic nitrogens is 2. The summed E-state index contributed by atoms with van der Waals surface area (Å²) in [6, 6.07) is 5.06. The average molecular weight is 295 g/mol. The van der Waals surface area contributed by atoms with Gasteiger partial charge in [0.25, 0.3) is 0 Å². The average Bonchev–Trinajstić information content (AvgIpc) is 2.78. The quantitative estimate of drug-likeness (QED) is 0.885. The SMILES string of the molecule is CCOc1ccc(Cl)cc1NC(=O)Cn1cc(N)cn1. The molecular weight excluding hydrogens is 280 g/mol. The van der Waals surface area contributed by atoms with Gasteiger partial charge in [-0.25, -0.2) is 0 Å². The third kappa shape index (κ3) is 3.64. The van der Waals surface area contributed by atoms with Gasteiger partial charge >= 0.3 is 0 Å². The van der Waals surface area contributed by atoms with Gasteiger partial charge in [0.2, 0.25) is 5.91 Å². The van der Waals surface area contributed by atoms with Crippen molar-refractivity contribution < 1.29 is 9.53 Å². The van der Waals surface area contributed by atoms with Crippen molar-refractivity contribution >= 4 is 28.9 Å². The molecule has 0 bridgehead atoms. The lowest BCUT2D eigenvalue weighted by molar-refractivity contribution is -0.116. The van der Waals surface area contributed by atoms with Gasteiger partial charge in [-0.05, 0) is 25.1 Å². The lowest BCUT2D eigenvalue weighted by Crippen LogP contribution is -2.19. The number of halogens is 1. The van der Waals surface area contributed by atoms with Gasteiger partial charge in [-0.2, -0.15) is 5.10 Å². The molecule has 20 heavy (non-hydrogen) atoms. The van der Waals surface area contributed by atoms with Crippen molar-refractivity contribution in [2.45, 2.75) is 13.5 Å². The number of nitrogen functional groups attached to an aromatic ring is 1. The fourth-order valence-corrected chi connectivity index (χ4v) is 1.86. The van der Waals surface area contributed by atoms with Crippen LogP contribution in [0.15, 0.2) is 30.6 Å². The maximum Gasteiger partial charge on any atom is 0.246 e. The van der Waals surface area contributed by atoms with Gasteiger partial charge in [-0.15, -0.1) is 0 Å². The second kappa shape index (κ2) is 6.29. The van der Waals surface area contributed by atoms with Crippen LogP contribution in [0.3, 0.4) is 0 Å². The van der Waals surface area contributed by atoms with Gasteiger partial charge in [0.05, 0.1) is 24.2 Å². The number of hydrogen-bond donors (Lipinski definition) is 2. The zero-order chi connectivity index (χ0) is 14.5. The van der Waals surface area contributed by atoms with Gasteiger partial charge in [0, 0.05) is 11.2 Å². The molecule has 7 heteroatoms. The number of amides is 1. The van der Waals surface area contributed by atoms with E-state index in [1.807, 2.05) is 6.92 Å². The number of nitrogens with zero attached hydrogens (tertiary/aromatic N) is 2. The first-order valence-electron chi connectivity index (χ1n) is 6.08. The number of rotatable bonds is 5. The van der Waals surface area contributed by atoms with Crippen LogP contribution in [0.1, 0.15) is 6.92 Å². The summed E-state index contributed by atoms with van der Waals surface area (Å²) >= 11 is 5.92. The minimum atomic E-state index is -0.240. The minimum Gasteiger partial charge on any atom is -0.492 e. The van der Waals surface area contributed by atoms with Crippen LogP contribution in [0.2, 0.25) is 5.02 Å². The molecule has 2 rings (SSSR count). The molecule has 106 valence electrons. The van der Waals surface area contributed by atoms with Crippen LogP contribution >= 0.6 is 11.6 Å². The van der Waals surface area contributed by atoms with Crippen LogP contribution in [0.4, 0.5) is 11.4 Å². The molecule has 6 nitrogen and oxygen atoms in total. The molecule has 1 heterocycles. The van der Waals surface area contributed by atoms with E-state index in [4.69, 9.17) is 22.1 Å². The summed E-state index contributed by atoms with van der Waals surface area (Å²) in [5.41, 5.74) is 6.58. The number of carbonyl (C=O) groups excluding carboxylic acids is 1. The standard InChI is InChI=1S/C13H15ClN4O2/c1-2-20-12-4-3-9(14)5-11(12)17-13(19)8-18-7-10(15)6-16-18/h3-7H,2,8,15H2,1H3,(H,17,19). The topological polar surface area (TPSA) is 82.2 Å². The van der Waals surface area contributed by atoms with Crippen LogP contribution in [0, 0.1) is 0 Å². The Morgan fingerprint density at radius 2 is 2.35 bits per heavy atom. The molecule has 0 aliphatic heterocycles. The third-order valence-corrected chi connectivity index (χ3v) is 2.71. The Bertz CT molecular complexity index is 612. The molecule has 0 unspecified atom stereocenters. The summed E-state index contributed by atoms with van der Waals surface area (Å²) in [7, 11) is 0. The number of carbonyl (C=O) groups is 1. The number of benzene rings is 1. The number of ether oxygens (including phenoxy) is 1. The van der Waals surface area contributed by atoms with Gasteiger partial charge < -0.3 is 15.8 Å². The van der Waals surface area contributed by atoms with Crippen molar-refractivity contribution in [2.75, 3.05) is 17.7 Å². The van der Waals surface area contributed by atoms with Crippen molar-refractivity contribution in [3.8, 4) is 5.75 Å². The van der Waals surface area contributed by atoms with Gasteiger partial charge in [-0.3, -0.25) is 9.48 Å². The summed E-state index contributed by atoms with van der Waals surface area (Å²) in [5.74, 6) is 0.335. The maximum atomic E-state index is 11.9. The summed E-state index contributed by atoms with van der Waals surface area (Å²) in [5, 5.41) is 7.21. The lowest BCUT2D eigenvalue weighted by Gasteiger charge is -2.11. The zero-order valence-electron chi connectivity index (χ0n) is 11.0. The van der Waals surface area contributed by atoms with E-state index >= 15 is 0 Å². The molecule has 0 spiro atoms. The lowest BCUT2D eigenvalue weighted by atomic mass is 10.3. The first-order chi connectivity index (χ1) is 9.58. The Hall–Kier alpha value is -2.21. The van der Waals surface area contributed by atoms with Gasteiger partial charge in [0.1, 0.15) is 12.3 Å². The molecule has 1 aromatic carbocycles. The van der Waals surface area contributed by atoms with Crippen molar-refractivity contribution in [1.82, 2.24) is 9.78 Å². The van der Waals surface area contributed by atoms with E-state index < -0.39 is 0 Å². The maximum absolute atomic E-state index is 11.9. The molecule has 1 aromatic heterocycles. The molecule has 0 fully saturated rings. The highest BCUT2D eigenvalue weighted by Crippen LogP contribution is 2.28. The predicted octanol–water partition coefficient (Wildman–Crippen LogP) is 2.16. The van der Waals surface area contributed by atoms with E-state index in [0.717, 1.165) is 0 Å². The van der Waals surface area contributed by atoms with Crippen molar-refractivity contribution in [2.24, 2.45) is 0 Å². The van der Waals surface area contributed by atoms with Crippen LogP contribution in [0.25, 0.3) is 0 Å². The Morgan fingerprint density at radius 1 is 1.55 bits per heavy atom.